The van der Waals surface area contributed by atoms with E-state index in [1.165, 1.54) is 6.08 Å². The van der Waals surface area contributed by atoms with Gasteiger partial charge in [-0.2, -0.15) is 10.5 Å². The second-order valence-electron chi connectivity index (χ2n) is 4.47. The molecular weight excluding hydrogens is 292 g/mol. The van der Waals surface area contributed by atoms with Gasteiger partial charge < -0.3 is 9.47 Å². The first kappa shape index (κ1) is 15.8. The molecule has 0 aliphatic carbocycles. The third kappa shape index (κ3) is 4.20. The molecule has 112 valence electrons. The highest BCUT2D eigenvalue weighted by Crippen LogP contribution is 2.18. The van der Waals surface area contributed by atoms with Crippen molar-refractivity contribution in [3.05, 3.63) is 65.2 Å². The molecule has 0 saturated carbocycles. The number of carbonyl (C=O) groups is 1. The van der Waals surface area contributed by atoms with Crippen molar-refractivity contribution in [1.82, 2.24) is 0 Å². The van der Waals surface area contributed by atoms with Gasteiger partial charge in [0, 0.05) is 0 Å². The number of methoxy groups -OCH3 is 1. The van der Waals surface area contributed by atoms with Gasteiger partial charge in [0.1, 0.15) is 29.2 Å². The Morgan fingerprint density at radius 1 is 1.04 bits per heavy atom. The average molecular weight is 304 g/mol. The Hall–Kier alpha value is -3.57. The number of benzene rings is 2. The van der Waals surface area contributed by atoms with E-state index in [1.807, 2.05) is 0 Å². The topological polar surface area (TPSA) is 83.1 Å². The monoisotopic (exact) mass is 304 g/mol. The lowest BCUT2D eigenvalue weighted by Gasteiger charge is -2.06. The van der Waals surface area contributed by atoms with Crippen LogP contribution >= 0.6 is 0 Å². The van der Waals surface area contributed by atoms with Gasteiger partial charge in [-0.1, -0.05) is 12.1 Å². The Morgan fingerprint density at radius 3 is 2.35 bits per heavy atom. The number of allylic oxidation sites excluding steroid dienone is 1. The minimum Gasteiger partial charge on any atom is -0.497 e. The van der Waals surface area contributed by atoms with Gasteiger partial charge in [0.15, 0.2) is 0 Å². The number of hydrogen-bond donors (Lipinski definition) is 0. The molecule has 0 spiro atoms. The van der Waals surface area contributed by atoms with Crippen molar-refractivity contribution < 1.29 is 14.3 Å². The maximum absolute atomic E-state index is 12.1. The van der Waals surface area contributed by atoms with Crippen LogP contribution in [-0.4, -0.2) is 13.1 Å². The van der Waals surface area contributed by atoms with Crippen molar-refractivity contribution in [1.29, 1.82) is 10.5 Å². The van der Waals surface area contributed by atoms with Gasteiger partial charge in [-0.3, -0.25) is 0 Å². The summed E-state index contributed by atoms with van der Waals surface area (Å²) in [4.78, 5) is 12.1. The molecule has 2 aromatic carbocycles. The van der Waals surface area contributed by atoms with E-state index in [4.69, 9.17) is 20.0 Å². The van der Waals surface area contributed by atoms with Crippen LogP contribution in [0, 0.1) is 22.7 Å². The van der Waals surface area contributed by atoms with Crippen LogP contribution in [0.1, 0.15) is 15.9 Å². The summed E-state index contributed by atoms with van der Waals surface area (Å²) in [5.74, 6) is 0.471. The lowest BCUT2D eigenvalue weighted by Crippen LogP contribution is -2.08. The predicted octanol–water partition coefficient (Wildman–Crippen LogP) is 3.34. The molecule has 0 radical (unpaired) electrons. The third-order valence-corrected chi connectivity index (χ3v) is 2.95. The lowest BCUT2D eigenvalue weighted by molar-refractivity contribution is 0.0734. The number of nitrogens with zero attached hydrogens (tertiary/aromatic N) is 2. The molecule has 0 saturated heterocycles. The first-order chi connectivity index (χ1) is 11.2. The zero-order chi connectivity index (χ0) is 16.7. The fourth-order valence-corrected chi connectivity index (χ4v) is 1.82. The van der Waals surface area contributed by atoms with Gasteiger partial charge in [-0.05, 0) is 48.0 Å². The van der Waals surface area contributed by atoms with Crippen LogP contribution in [0.2, 0.25) is 0 Å². The Morgan fingerprint density at radius 2 is 1.74 bits per heavy atom. The molecule has 0 bridgehead atoms. The van der Waals surface area contributed by atoms with E-state index >= 15 is 0 Å². The summed E-state index contributed by atoms with van der Waals surface area (Å²) in [5, 5.41) is 17.5. The van der Waals surface area contributed by atoms with Gasteiger partial charge in [0.2, 0.25) is 0 Å². The van der Waals surface area contributed by atoms with Gasteiger partial charge in [-0.15, -0.1) is 0 Å². The molecule has 5 nitrogen and oxygen atoms in total. The van der Waals surface area contributed by atoms with E-state index in [2.05, 4.69) is 0 Å². The van der Waals surface area contributed by atoms with Gasteiger partial charge in [0.25, 0.3) is 0 Å². The Kier molecular flexibility index (Phi) is 5.12. The number of esters is 1. The van der Waals surface area contributed by atoms with Crippen molar-refractivity contribution in [2.45, 2.75) is 0 Å². The lowest BCUT2D eigenvalue weighted by atomic mass is 10.1. The van der Waals surface area contributed by atoms with Gasteiger partial charge >= 0.3 is 5.97 Å². The molecule has 0 aliphatic heterocycles. The van der Waals surface area contributed by atoms with E-state index in [-0.39, 0.29) is 5.57 Å². The Bertz CT molecular complexity index is 809. The highest BCUT2D eigenvalue weighted by Gasteiger charge is 2.09. The molecule has 0 aromatic heterocycles. The summed E-state index contributed by atoms with van der Waals surface area (Å²) >= 11 is 0. The standard InChI is InChI=1S/C18H12N2O3/c1-22-16-7-5-15(6-8-16)18(21)23-17-4-2-3-13(10-17)9-14(11-19)12-20/h2-10H,1H3. The van der Waals surface area contributed by atoms with Crippen LogP contribution in [0.3, 0.4) is 0 Å². The molecule has 0 unspecified atom stereocenters. The zero-order valence-corrected chi connectivity index (χ0v) is 12.3. The molecule has 0 amide bonds. The summed E-state index contributed by atoms with van der Waals surface area (Å²) in [5.41, 5.74) is 0.966. The van der Waals surface area contributed by atoms with Gasteiger partial charge in [0.05, 0.1) is 12.7 Å². The molecule has 0 fully saturated rings. The van der Waals surface area contributed by atoms with E-state index in [0.717, 1.165) is 0 Å². The maximum Gasteiger partial charge on any atom is 0.343 e. The van der Waals surface area contributed by atoms with E-state index in [0.29, 0.717) is 22.6 Å². The second kappa shape index (κ2) is 7.44. The van der Waals surface area contributed by atoms with Crippen molar-refractivity contribution >= 4 is 12.0 Å². The molecule has 0 N–H and O–H groups in total. The molecule has 0 atom stereocenters. The smallest absolute Gasteiger partial charge is 0.343 e. The van der Waals surface area contributed by atoms with Crippen molar-refractivity contribution in [2.75, 3.05) is 7.11 Å². The predicted molar refractivity (Wildman–Crippen MR) is 83.6 cm³/mol. The molecule has 23 heavy (non-hydrogen) atoms. The number of carbonyl (C=O) groups excluding carboxylic acids is 1. The first-order valence-corrected chi connectivity index (χ1v) is 6.64. The molecule has 0 aliphatic rings. The summed E-state index contributed by atoms with van der Waals surface area (Å²) < 4.78 is 10.3. The summed E-state index contributed by atoms with van der Waals surface area (Å²) in [6.45, 7) is 0. The number of hydrogen-bond acceptors (Lipinski definition) is 5. The van der Waals surface area contributed by atoms with Crippen LogP contribution in [0.4, 0.5) is 0 Å². The van der Waals surface area contributed by atoms with Crippen LogP contribution in [0.15, 0.2) is 54.1 Å². The highest BCUT2D eigenvalue weighted by molar-refractivity contribution is 5.91. The van der Waals surface area contributed by atoms with E-state index in [9.17, 15) is 4.79 Å². The van der Waals surface area contributed by atoms with Crippen molar-refractivity contribution in [2.24, 2.45) is 0 Å². The number of ether oxygens (including phenoxy) is 2. The maximum atomic E-state index is 12.1. The average Bonchev–Trinajstić information content (AvgIpc) is 2.60. The second-order valence-corrected chi connectivity index (χ2v) is 4.47. The highest BCUT2D eigenvalue weighted by atomic mass is 16.5. The van der Waals surface area contributed by atoms with Crippen LogP contribution < -0.4 is 9.47 Å². The molecule has 2 rings (SSSR count). The van der Waals surface area contributed by atoms with Crippen LogP contribution in [-0.2, 0) is 0 Å². The van der Waals surface area contributed by atoms with Crippen LogP contribution in [0.25, 0.3) is 6.08 Å². The summed E-state index contributed by atoms with van der Waals surface area (Å²) in [6, 6.07) is 16.7. The zero-order valence-electron chi connectivity index (χ0n) is 12.3. The minimum atomic E-state index is -0.505. The summed E-state index contributed by atoms with van der Waals surface area (Å²) in [7, 11) is 1.54. The largest absolute Gasteiger partial charge is 0.497 e. The fourth-order valence-electron chi connectivity index (χ4n) is 1.82. The fraction of sp³-hybridized carbons (Fsp3) is 0.0556. The third-order valence-electron chi connectivity index (χ3n) is 2.95. The first-order valence-electron chi connectivity index (χ1n) is 6.64. The number of nitriles is 2. The summed E-state index contributed by atoms with van der Waals surface area (Å²) in [6.07, 6.45) is 1.42. The number of rotatable bonds is 4. The Labute approximate surface area is 133 Å². The van der Waals surface area contributed by atoms with Crippen LogP contribution in [0.5, 0.6) is 11.5 Å². The van der Waals surface area contributed by atoms with E-state index in [1.54, 1.807) is 67.8 Å². The molecule has 5 heteroatoms. The molecule has 0 heterocycles. The van der Waals surface area contributed by atoms with E-state index < -0.39 is 5.97 Å². The Balaban J connectivity index is 2.17. The normalized spacial score (nSPS) is 9.17. The quantitative estimate of drug-likeness (QED) is 0.491. The van der Waals surface area contributed by atoms with Crippen molar-refractivity contribution in [3.8, 4) is 23.6 Å². The molecular formula is C18H12N2O3. The SMILES string of the molecule is COc1ccc(C(=O)Oc2cccc(C=C(C#N)C#N)c2)cc1. The van der Waals surface area contributed by atoms with Gasteiger partial charge in [-0.25, -0.2) is 4.79 Å². The minimum absolute atomic E-state index is 0.0244. The molecule has 2 aromatic rings. The van der Waals surface area contributed by atoms with Crippen molar-refractivity contribution in [3.63, 3.8) is 0 Å².